The highest BCUT2D eigenvalue weighted by Gasteiger charge is 2.20. The Balaban J connectivity index is 2.00. The van der Waals surface area contributed by atoms with Gasteiger partial charge in [0.2, 0.25) is 11.8 Å². The van der Waals surface area contributed by atoms with Gasteiger partial charge in [-0.15, -0.1) is 0 Å². The number of amides is 2. The van der Waals surface area contributed by atoms with Crippen molar-refractivity contribution in [3.05, 3.63) is 22.8 Å². The Morgan fingerprint density at radius 1 is 1.60 bits per heavy atom. The molecule has 0 spiro atoms. The molecule has 6 nitrogen and oxygen atoms in total. The zero-order valence-electron chi connectivity index (χ0n) is 11.3. The number of likely N-dealkylation sites (tertiary alicyclic amines) is 1. The number of primary amides is 1. The van der Waals surface area contributed by atoms with Gasteiger partial charge in [-0.3, -0.25) is 9.59 Å². The van der Waals surface area contributed by atoms with Crippen LogP contribution in [0.2, 0.25) is 5.02 Å². The van der Waals surface area contributed by atoms with Gasteiger partial charge in [0.05, 0.1) is 10.6 Å². The molecule has 0 radical (unpaired) electrons. The number of carbonyl (C=O) groups excluding carboxylic acids is 2. The Morgan fingerprint density at radius 3 is 2.90 bits per heavy atom. The Kier molecular flexibility index (Phi) is 4.44. The van der Waals surface area contributed by atoms with E-state index in [1.54, 1.807) is 0 Å². The van der Waals surface area contributed by atoms with Crippen molar-refractivity contribution in [2.24, 2.45) is 5.73 Å². The molecule has 2 amide bonds. The maximum atomic E-state index is 11.5. The molecule has 0 aliphatic carbocycles. The first kappa shape index (κ1) is 14.6. The highest BCUT2D eigenvalue weighted by Crippen LogP contribution is 2.23. The molecule has 2 rings (SSSR count). The van der Waals surface area contributed by atoms with E-state index in [2.05, 4.69) is 4.98 Å². The van der Waals surface area contributed by atoms with E-state index >= 15 is 0 Å². The van der Waals surface area contributed by atoms with Gasteiger partial charge in [0, 0.05) is 39.3 Å². The lowest BCUT2D eigenvalue weighted by molar-refractivity contribution is -0.127. The van der Waals surface area contributed by atoms with Crippen LogP contribution in [0.1, 0.15) is 23.2 Å². The summed E-state index contributed by atoms with van der Waals surface area (Å²) in [4.78, 5) is 30.4. The maximum Gasteiger partial charge on any atom is 0.250 e. The van der Waals surface area contributed by atoms with E-state index < -0.39 is 5.91 Å². The van der Waals surface area contributed by atoms with E-state index in [9.17, 15) is 9.59 Å². The molecule has 0 saturated carbocycles. The second-order valence-corrected chi connectivity index (χ2v) is 5.21. The molecule has 1 aliphatic rings. The third-order valence-corrected chi connectivity index (χ3v) is 3.62. The lowest BCUT2D eigenvalue weighted by Gasteiger charge is -2.23. The number of rotatable bonds is 5. The lowest BCUT2D eigenvalue weighted by atomic mass is 10.2. The lowest BCUT2D eigenvalue weighted by Crippen LogP contribution is -2.34. The normalized spacial score (nSPS) is 14.7. The standard InChI is InChI=1S/C13H17ClN4O2/c1-17(5-6-18-4-2-3-11(18)19)13-10(14)7-9(8-16-13)12(15)20/h7-8H,2-6H2,1H3,(H2,15,20). The van der Waals surface area contributed by atoms with E-state index in [-0.39, 0.29) is 11.5 Å². The van der Waals surface area contributed by atoms with E-state index in [1.807, 2.05) is 16.8 Å². The Bertz CT molecular complexity index is 535. The number of pyridine rings is 1. The summed E-state index contributed by atoms with van der Waals surface area (Å²) < 4.78 is 0. The Hall–Kier alpha value is -1.82. The number of anilines is 1. The Labute approximate surface area is 122 Å². The third-order valence-electron chi connectivity index (χ3n) is 3.34. The molecule has 1 aliphatic heterocycles. The van der Waals surface area contributed by atoms with E-state index in [4.69, 9.17) is 17.3 Å². The van der Waals surface area contributed by atoms with Crippen molar-refractivity contribution < 1.29 is 9.59 Å². The number of halogens is 1. The van der Waals surface area contributed by atoms with Gasteiger partial charge in [-0.2, -0.15) is 0 Å². The SMILES string of the molecule is CN(CCN1CCCC1=O)c1ncc(C(N)=O)cc1Cl. The maximum absolute atomic E-state index is 11.5. The van der Waals surface area contributed by atoms with Gasteiger partial charge in [0.15, 0.2) is 0 Å². The van der Waals surface area contributed by atoms with Gasteiger partial charge < -0.3 is 15.5 Å². The van der Waals surface area contributed by atoms with Gasteiger partial charge in [0.25, 0.3) is 0 Å². The summed E-state index contributed by atoms with van der Waals surface area (Å²) >= 11 is 6.10. The molecule has 2 N–H and O–H groups in total. The number of carbonyl (C=O) groups is 2. The van der Waals surface area contributed by atoms with Crippen LogP contribution < -0.4 is 10.6 Å². The minimum Gasteiger partial charge on any atom is -0.366 e. The quantitative estimate of drug-likeness (QED) is 0.875. The average Bonchev–Trinajstić information content (AvgIpc) is 2.81. The topological polar surface area (TPSA) is 79.5 Å². The van der Waals surface area contributed by atoms with Crippen molar-refractivity contribution in [3.63, 3.8) is 0 Å². The number of aromatic nitrogens is 1. The molecule has 108 valence electrons. The van der Waals surface area contributed by atoms with E-state index in [0.29, 0.717) is 30.4 Å². The molecule has 1 aromatic rings. The molecule has 0 aromatic carbocycles. The molecule has 1 aromatic heterocycles. The molecule has 0 atom stereocenters. The first-order valence-corrected chi connectivity index (χ1v) is 6.81. The summed E-state index contributed by atoms with van der Waals surface area (Å²) in [6.45, 7) is 2.09. The predicted octanol–water partition coefficient (Wildman–Crippen LogP) is 0.892. The van der Waals surface area contributed by atoms with Crippen LogP contribution in [0.25, 0.3) is 0 Å². The summed E-state index contributed by atoms with van der Waals surface area (Å²) in [5.41, 5.74) is 5.45. The molecule has 1 fully saturated rings. The van der Waals surface area contributed by atoms with E-state index in [1.165, 1.54) is 12.3 Å². The van der Waals surface area contributed by atoms with Crippen LogP contribution in [0, 0.1) is 0 Å². The average molecular weight is 297 g/mol. The number of hydrogen-bond donors (Lipinski definition) is 1. The van der Waals surface area contributed by atoms with Crippen molar-refractivity contribution >= 4 is 29.2 Å². The number of hydrogen-bond acceptors (Lipinski definition) is 4. The summed E-state index contributed by atoms with van der Waals surface area (Å²) in [7, 11) is 1.85. The minimum atomic E-state index is -0.559. The highest BCUT2D eigenvalue weighted by molar-refractivity contribution is 6.33. The summed E-state index contributed by atoms with van der Waals surface area (Å²) in [5.74, 6) is 0.209. The first-order chi connectivity index (χ1) is 9.49. The molecule has 2 heterocycles. The van der Waals surface area contributed by atoms with Gasteiger partial charge in [-0.25, -0.2) is 4.98 Å². The fourth-order valence-corrected chi connectivity index (χ4v) is 2.47. The second-order valence-electron chi connectivity index (χ2n) is 4.80. The van der Waals surface area contributed by atoms with Crippen LogP contribution in [0.3, 0.4) is 0 Å². The van der Waals surface area contributed by atoms with Crippen molar-refractivity contribution in [2.75, 3.05) is 31.6 Å². The predicted molar refractivity (Wildman–Crippen MR) is 76.8 cm³/mol. The van der Waals surface area contributed by atoms with Gasteiger partial charge >= 0.3 is 0 Å². The van der Waals surface area contributed by atoms with E-state index in [0.717, 1.165) is 13.0 Å². The molecule has 7 heteroatoms. The third kappa shape index (κ3) is 3.19. The fraction of sp³-hybridized carbons (Fsp3) is 0.462. The number of nitrogens with zero attached hydrogens (tertiary/aromatic N) is 3. The molecule has 1 saturated heterocycles. The van der Waals surface area contributed by atoms with Crippen molar-refractivity contribution in [1.82, 2.24) is 9.88 Å². The molecular formula is C13H17ClN4O2. The summed E-state index contributed by atoms with van der Waals surface area (Å²) in [5, 5.41) is 0.372. The number of likely N-dealkylation sites (N-methyl/N-ethyl adjacent to an activating group) is 1. The molecule has 0 bridgehead atoms. The van der Waals surface area contributed by atoms with Crippen molar-refractivity contribution in [2.45, 2.75) is 12.8 Å². The Morgan fingerprint density at radius 2 is 2.35 bits per heavy atom. The number of nitrogens with two attached hydrogens (primary N) is 1. The molecule has 20 heavy (non-hydrogen) atoms. The highest BCUT2D eigenvalue weighted by atomic mass is 35.5. The van der Waals surface area contributed by atoms with Crippen molar-refractivity contribution in [3.8, 4) is 0 Å². The van der Waals surface area contributed by atoms with Gasteiger partial charge in [-0.1, -0.05) is 11.6 Å². The fourth-order valence-electron chi connectivity index (χ4n) is 2.16. The summed E-state index contributed by atoms with van der Waals surface area (Å²) in [6.07, 6.45) is 2.96. The summed E-state index contributed by atoms with van der Waals surface area (Å²) in [6, 6.07) is 1.50. The van der Waals surface area contributed by atoms with Crippen LogP contribution in [0.4, 0.5) is 5.82 Å². The zero-order valence-corrected chi connectivity index (χ0v) is 12.1. The van der Waals surface area contributed by atoms with Crippen LogP contribution in [0.15, 0.2) is 12.3 Å². The zero-order chi connectivity index (χ0) is 14.7. The molecular weight excluding hydrogens is 280 g/mol. The van der Waals surface area contributed by atoms with Crippen LogP contribution in [0.5, 0.6) is 0 Å². The first-order valence-electron chi connectivity index (χ1n) is 6.43. The van der Waals surface area contributed by atoms with Gasteiger partial charge in [-0.05, 0) is 12.5 Å². The van der Waals surface area contributed by atoms with Crippen LogP contribution >= 0.6 is 11.6 Å². The monoisotopic (exact) mass is 296 g/mol. The van der Waals surface area contributed by atoms with Crippen LogP contribution in [-0.2, 0) is 4.79 Å². The smallest absolute Gasteiger partial charge is 0.250 e. The second kappa shape index (κ2) is 6.09. The minimum absolute atomic E-state index is 0.196. The van der Waals surface area contributed by atoms with Crippen LogP contribution in [-0.4, -0.2) is 48.4 Å². The molecule has 0 unspecified atom stereocenters. The van der Waals surface area contributed by atoms with Crippen molar-refractivity contribution in [1.29, 1.82) is 0 Å². The van der Waals surface area contributed by atoms with Gasteiger partial charge in [0.1, 0.15) is 5.82 Å². The largest absolute Gasteiger partial charge is 0.366 e.